The van der Waals surface area contributed by atoms with Gasteiger partial charge in [-0.3, -0.25) is 0 Å². The summed E-state index contributed by atoms with van der Waals surface area (Å²) in [5.74, 6) is 0.762. The number of rotatable bonds is 3. The molecule has 2 aliphatic rings. The van der Waals surface area contributed by atoms with Gasteiger partial charge in [0.2, 0.25) is 10.0 Å². The number of nitrogens with zero attached hydrogens (tertiary/aromatic N) is 1. The first-order valence-corrected chi connectivity index (χ1v) is 10.4. The highest BCUT2D eigenvalue weighted by molar-refractivity contribution is 7.89. The first-order chi connectivity index (χ1) is 11.0. The number of hydrogen-bond donors (Lipinski definition) is 1. The van der Waals surface area contributed by atoms with Gasteiger partial charge in [-0.1, -0.05) is 24.9 Å². The summed E-state index contributed by atoms with van der Waals surface area (Å²) in [6, 6.07) is 7.18. The van der Waals surface area contributed by atoms with Gasteiger partial charge in [0.1, 0.15) is 0 Å². The van der Waals surface area contributed by atoms with Crippen LogP contribution in [0.4, 0.5) is 0 Å². The van der Waals surface area contributed by atoms with Crippen LogP contribution >= 0.6 is 11.6 Å². The van der Waals surface area contributed by atoms with Crippen LogP contribution in [-0.4, -0.2) is 44.9 Å². The van der Waals surface area contributed by atoms with Crippen LogP contribution < -0.4 is 4.90 Å². The molecule has 1 aliphatic carbocycles. The highest BCUT2D eigenvalue weighted by Gasteiger charge is 2.36. The zero-order valence-electron chi connectivity index (χ0n) is 13.7. The monoisotopic (exact) mass is 357 g/mol. The molecule has 3 rings (SSSR count). The Morgan fingerprint density at radius 2 is 1.70 bits per heavy atom. The molecule has 128 valence electrons. The van der Waals surface area contributed by atoms with Gasteiger partial charge < -0.3 is 4.90 Å². The van der Waals surface area contributed by atoms with Gasteiger partial charge in [0.05, 0.1) is 37.1 Å². The fraction of sp³-hybridized carbons (Fsp3) is 0.647. The van der Waals surface area contributed by atoms with E-state index < -0.39 is 10.0 Å². The maximum Gasteiger partial charge on any atom is 0.243 e. The van der Waals surface area contributed by atoms with E-state index in [2.05, 4.69) is 6.92 Å². The molecule has 23 heavy (non-hydrogen) atoms. The lowest BCUT2D eigenvalue weighted by Crippen LogP contribution is -3.19. The molecule has 0 unspecified atom stereocenters. The van der Waals surface area contributed by atoms with Gasteiger partial charge in [-0.05, 0) is 43.5 Å². The van der Waals surface area contributed by atoms with Crippen LogP contribution in [0.2, 0.25) is 5.02 Å². The molecule has 0 aromatic heterocycles. The minimum atomic E-state index is -3.39. The number of hydrogen-bond acceptors (Lipinski definition) is 2. The topological polar surface area (TPSA) is 41.8 Å². The largest absolute Gasteiger partial charge is 0.330 e. The van der Waals surface area contributed by atoms with E-state index in [4.69, 9.17) is 11.6 Å². The van der Waals surface area contributed by atoms with E-state index >= 15 is 0 Å². The number of piperazine rings is 1. The van der Waals surface area contributed by atoms with Crippen molar-refractivity contribution in [2.24, 2.45) is 5.92 Å². The summed E-state index contributed by atoms with van der Waals surface area (Å²) >= 11 is 5.85. The van der Waals surface area contributed by atoms with Crippen LogP contribution in [0.15, 0.2) is 29.2 Å². The van der Waals surface area contributed by atoms with E-state index in [9.17, 15) is 8.42 Å². The zero-order valence-corrected chi connectivity index (χ0v) is 15.2. The van der Waals surface area contributed by atoms with E-state index in [1.54, 1.807) is 33.5 Å². The summed E-state index contributed by atoms with van der Waals surface area (Å²) < 4.78 is 27.1. The number of benzene rings is 1. The van der Waals surface area contributed by atoms with Gasteiger partial charge in [0.25, 0.3) is 0 Å². The molecular formula is C17H26ClN2O2S+. The minimum absolute atomic E-state index is 0.344. The van der Waals surface area contributed by atoms with Crippen molar-refractivity contribution in [1.29, 1.82) is 0 Å². The minimum Gasteiger partial charge on any atom is -0.330 e. The van der Waals surface area contributed by atoms with Crippen LogP contribution in [0.25, 0.3) is 0 Å². The normalized spacial score (nSPS) is 27.9. The fourth-order valence-electron chi connectivity index (χ4n) is 4.06. The molecule has 2 fully saturated rings. The lowest BCUT2D eigenvalue weighted by Gasteiger charge is -2.40. The molecule has 0 radical (unpaired) electrons. The van der Waals surface area contributed by atoms with Gasteiger partial charge in [-0.25, -0.2) is 8.42 Å². The molecule has 1 aromatic rings. The van der Waals surface area contributed by atoms with E-state index in [1.807, 2.05) is 0 Å². The molecule has 1 saturated carbocycles. The standard InChI is InChI=1S/C17H25ClN2O2S/c1-14-4-2-3-5-17(14)19-10-12-20(13-11-19)23(21,22)16-8-6-15(18)7-9-16/h6-9,14,17H,2-5,10-13H2,1H3/p+1/t14-,17+/m1/s1. The third-order valence-corrected chi connectivity index (χ3v) is 7.62. The molecule has 1 saturated heterocycles. The van der Waals surface area contributed by atoms with Crippen molar-refractivity contribution < 1.29 is 13.3 Å². The van der Waals surface area contributed by atoms with Crippen molar-refractivity contribution in [1.82, 2.24) is 4.31 Å². The first kappa shape index (κ1) is 17.2. The number of quaternary nitrogens is 1. The lowest BCUT2D eigenvalue weighted by atomic mass is 9.84. The highest BCUT2D eigenvalue weighted by Crippen LogP contribution is 2.23. The summed E-state index contributed by atoms with van der Waals surface area (Å²) in [7, 11) is -3.39. The maximum atomic E-state index is 12.7. The van der Waals surface area contributed by atoms with Crippen molar-refractivity contribution in [3.63, 3.8) is 0 Å². The van der Waals surface area contributed by atoms with Gasteiger partial charge in [-0.15, -0.1) is 0 Å². The van der Waals surface area contributed by atoms with E-state index in [0.29, 0.717) is 29.0 Å². The molecule has 2 atom stereocenters. The van der Waals surface area contributed by atoms with Crippen molar-refractivity contribution in [2.45, 2.75) is 43.5 Å². The molecule has 6 heteroatoms. The quantitative estimate of drug-likeness (QED) is 0.896. The lowest BCUT2D eigenvalue weighted by molar-refractivity contribution is -0.933. The zero-order chi connectivity index (χ0) is 16.4. The summed E-state index contributed by atoms with van der Waals surface area (Å²) in [6.07, 6.45) is 5.29. The van der Waals surface area contributed by atoms with Crippen LogP contribution in [-0.2, 0) is 10.0 Å². The molecule has 1 N–H and O–H groups in total. The average Bonchev–Trinajstić information content (AvgIpc) is 2.56. The van der Waals surface area contributed by atoms with Crippen LogP contribution in [0.3, 0.4) is 0 Å². The number of nitrogens with one attached hydrogen (secondary N) is 1. The summed E-state index contributed by atoms with van der Waals surface area (Å²) in [5, 5.41) is 0.560. The molecular weight excluding hydrogens is 332 g/mol. The second-order valence-corrected chi connectivity index (χ2v) is 9.26. The van der Waals surface area contributed by atoms with Crippen molar-refractivity contribution in [3.05, 3.63) is 29.3 Å². The molecule has 0 amide bonds. The molecule has 0 bridgehead atoms. The Labute approximate surface area is 144 Å². The Hall–Kier alpha value is -0.620. The van der Waals surface area contributed by atoms with Crippen molar-refractivity contribution in [2.75, 3.05) is 26.2 Å². The van der Waals surface area contributed by atoms with Crippen molar-refractivity contribution in [3.8, 4) is 0 Å². The SMILES string of the molecule is C[C@@H]1CCCC[C@@H]1[NH+]1CCN(S(=O)(=O)c2ccc(Cl)cc2)CC1. The predicted molar refractivity (Wildman–Crippen MR) is 92.3 cm³/mol. The average molecular weight is 358 g/mol. The van der Waals surface area contributed by atoms with Gasteiger partial charge >= 0.3 is 0 Å². The Kier molecular flexibility index (Phi) is 5.31. The molecule has 4 nitrogen and oxygen atoms in total. The van der Waals surface area contributed by atoms with Gasteiger partial charge in [0, 0.05) is 10.9 Å². The van der Waals surface area contributed by atoms with Crippen LogP contribution in [0.1, 0.15) is 32.6 Å². The molecule has 1 aliphatic heterocycles. The highest BCUT2D eigenvalue weighted by atomic mass is 35.5. The van der Waals surface area contributed by atoms with Gasteiger partial charge in [-0.2, -0.15) is 4.31 Å². The Balaban J connectivity index is 1.65. The first-order valence-electron chi connectivity index (χ1n) is 8.59. The second kappa shape index (κ2) is 7.09. The molecule has 1 heterocycles. The van der Waals surface area contributed by atoms with Gasteiger partial charge in [0.15, 0.2) is 0 Å². The Bertz CT molecular complexity index is 624. The van der Waals surface area contributed by atoms with E-state index in [1.165, 1.54) is 25.7 Å². The summed E-state index contributed by atoms with van der Waals surface area (Å²) in [5.41, 5.74) is 0. The van der Waals surface area contributed by atoms with Crippen molar-refractivity contribution >= 4 is 21.6 Å². The number of sulfonamides is 1. The van der Waals surface area contributed by atoms with E-state index in [-0.39, 0.29) is 0 Å². The Morgan fingerprint density at radius 1 is 1.09 bits per heavy atom. The smallest absolute Gasteiger partial charge is 0.243 e. The van der Waals surface area contributed by atoms with Crippen LogP contribution in [0, 0.1) is 5.92 Å². The van der Waals surface area contributed by atoms with Crippen LogP contribution in [0.5, 0.6) is 0 Å². The second-order valence-electron chi connectivity index (χ2n) is 6.88. The third-order valence-electron chi connectivity index (χ3n) is 5.45. The maximum absolute atomic E-state index is 12.7. The molecule has 1 aromatic carbocycles. The predicted octanol–water partition coefficient (Wildman–Crippen LogP) is 1.81. The summed E-state index contributed by atoms with van der Waals surface area (Å²) in [4.78, 5) is 1.94. The van der Waals surface area contributed by atoms with E-state index in [0.717, 1.165) is 19.0 Å². The summed E-state index contributed by atoms with van der Waals surface area (Å²) in [6.45, 7) is 5.42. The Morgan fingerprint density at radius 3 is 2.30 bits per heavy atom. The number of halogens is 1. The third kappa shape index (κ3) is 3.73. The molecule has 0 spiro atoms. The fourth-order valence-corrected chi connectivity index (χ4v) is 5.63.